The van der Waals surface area contributed by atoms with Crippen LogP contribution in [-0.4, -0.2) is 45.0 Å². The number of anilines is 2. The van der Waals surface area contributed by atoms with Crippen LogP contribution in [0.4, 0.5) is 11.8 Å². The van der Waals surface area contributed by atoms with E-state index >= 15 is 0 Å². The fourth-order valence-corrected chi connectivity index (χ4v) is 2.03. The van der Waals surface area contributed by atoms with E-state index in [0.29, 0.717) is 11.2 Å². The predicted octanol–water partition coefficient (Wildman–Crippen LogP) is -0.575. The molecule has 1 saturated heterocycles. The molecule has 21 heavy (non-hydrogen) atoms. The number of carbonyl (C=O) groups is 1. The predicted molar refractivity (Wildman–Crippen MR) is 70.6 cm³/mol. The molecule has 0 aromatic carbocycles. The Morgan fingerprint density at radius 3 is 3.10 bits per heavy atom. The summed E-state index contributed by atoms with van der Waals surface area (Å²) in [7, 11) is 0. The summed E-state index contributed by atoms with van der Waals surface area (Å²) in [6.45, 7) is 1.61. The Bertz CT molecular complexity index is 687. The van der Waals surface area contributed by atoms with E-state index in [0.717, 1.165) is 0 Å². The molecule has 10 heteroatoms. The second-order valence-corrected chi connectivity index (χ2v) is 4.45. The van der Waals surface area contributed by atoms with Gasteiger partial charge < -0.3 is 25.7 Å². The maximum Gasteiger partial charge on any atom is 0.302 e. The Balaban J connectivity index is 1.81. The molecule has 0 radical (unpaired) electrons. The quantitative estimate of drug-likeness (QED) is 0.711. The number of carbonyl (C=O) groups excluding carboxylic acids is 1. The Kier molecular flexibility index (Phi) is 3.31. The molecule has 3 heterocycles. The highest BCUT2D eigenvalue weighted by atomic mass is 16.7. The van der Waals surface area contributed by atoms with Crippen LogP contribution >= 0.6 is 0 Å². The van der Waals surface area contributed by atoms with Gasteiger partial charge in [-0.2, -0.15) is 9.97 Å². The summed E-state index contributed by atoms with van der Waals surface area (Å²) in [5, 5.41) is 0. The van der Waals surface area contributed by atoms with Crippen LogP contribution in [0.1, 0.15) is 13.2 Å². The van der Waals surface area contributed by atoms with Crippen LogP contribution in [0.15, 0.2) is 6.33 Å². The normalized spacial score (nSPS) is 21.8. The minimum Gasteiger partial charge on any atom is -0.460 e. The third-order valence-corrected chi connectivity index (χ3v) is 2.93. The first-order chi connectivity index (χ1) is 10.0. The molecule has 2 aromatic heterocycles. The van der Waals surface area contributed by atoms with Gasteiger partial charge in [-0.1, -0.05) is 0 Å². The van der Waals surface area contributed by atoms with Gasteiger partial charge in [-0.3, -0.25) is 9.36 Å². The minimum absolute atomic E-state index is 0.0255. The zero-order chi connectivity index (χ0) is 15.0. The molecule has 1 aliphatic heterocycles. The molecule has 0 saturated carbocycles. The van der Waals surface area contributed by atoms with Crippen molar-refractivity contribution in [1.82, 2.24) is 19.5 Å². The molecule has 0 bridgehead atoms. The number of nitrogens with two attached hydrogens (primary N) is 2. The fourth-order valence-electron chi connectivity index (χ4n) is 2.03. The van der Waals surface area contributed by atoms with E-state index in [4.69, 9.17) is 25.7 Å². The molecule has 1 aliphatic rings. The third kappa shape index (κ3) is 2.58. The number of ether oxygens (including phenoxy) is 3. The number of imidazole rings is 1. The van der Waals surface area contributed by atoms with Gasteiger partial charge in [0.15, 0.2) is 24.0 Å². The molecule has 10 nitrogen and oxygen atoms in total. The molecular weight excluding hydrogens is 280 g/mol. The van der Waals surface area contributed by atoms with Crippen molar-refractivity contribution in [3.63, 3.8) is 0 Å². The topological polar surface area (TPSA) is 140 Å². The van der Waals surface area contributed by atoms with Crippen molar-refractivity contribution in [2.45, 2.75) is 19.4 Å². The lowest BCUT2D eigenvalue weighted by molar-refractivity contribution is -0.156. The van der Waals surface area contributed by atoms with Gasteiger partial charge >= 0.3 is 5.97 Å². The van der Waals surface area contributed by atoms with Gasteiger partial charge in [-0.05, 0) is 0 Å². The lowest BCUT2D eigenvalue weighted by atomic mass is 10.5. The summed E-state index contributed by atoms with van der Waals surface area (Å²) in [5.74, 6) is -0.143. The van der Waals surface area contributed by atoms with Crippen LogP contribution in [0.25, 0.3) is 11.2 Å². The smallest absolute Gasteiger partial charge is 0.302 e. The number of rotatable bonds is 3. The van der Waals surface area contributed by atoms with Crippen molar-refractivity contribution in [3.8, 4) is 0 Å². The second kappa shape index (κ2) is 5.14. The first-order valence-electron chi connectivity index (χ1n) is 6.20. The van der Waals surface area contributed by atoms with Gasteiger partial charge in [0.25, 0.3) is 0 Å². The zero-order valence-electron chi connectivity index (χ0n) is 11.2. The highest BCUT2D eigenvalue weighted by molar-refractivity contribution is 5.82. The van der Waals surface area contributed by atoms with Crippen molar-refractivity contribution in [2.24, 2.45) is 0 Å². The monoisotopic (exact) mass is 294 g/mol. The standard InChI is InChI=1S/C11H14N6O4/c1-5(18)19-3-7-20-2-6(21-7)17-4-14-8-9(12)15-11(13)16-10(8)17/h4,6-7H,2-3H2,1H3,(H4,12,13,15,16)/t6?,7-/m1/s1. The second-order valence-electron chi connectivity index (χ2n) is 4.45. The summed E-state index contributed by atoms with van der Waals surface area (Å²) in [6, 6.07) is 0. The Hall–Kier alpha value is -2.46. The largest absolute Gasteiger partial charge is 0.460 e. The van der Waals surface area contributed by atoms with Crippen LogP contribution < -0.4 is 11.5 Å². The molecule has 1 fully saturated rings. The van der Waals surface area contributed by atoms with Gasteiger partial charge in [-0.15, -0.1) is 0 Å². The molecule has 112 valence electrons. The van der Waals surface area contributed by atoms with Gasteiger partial charge in [0.2, 0.25) is 5.95 Å². The van der Waals surface area contributed by atoms with E-state index in [1.165, 1.54) is 13.3 Å². The lowest BCUT2D eigenvalue weighted by Gasteiger charge is -2.12. The molecule has 3 rings (SSSR count). The molecular formula is C11H14N6O4. The number of esters is 1. The number of hydrogen-bond donors (Lipinski definition) is 2. The zero-order valence-corrected chi connectivity index (χ0v) is 11.2. The van der Waals surface area contributed by atoms with E-state index in [1.54, 1.807) is 4.57 Å². The van der Waals surface area contributed by atoms with E-state index in [2.05, 4.69) is 15.0 Å². The van der Waals surface area contributed by atoms with Gasteiger partial charge in [-0.25, -0.2) is 4.98 Å². The summed E-state index contributed by atoms with van der Waals surface area (Å²) in [4.78, 5) is 22.9. The third-order valence-electron chi connectivity index (χ3n) is 2.93. The van der Waals surface area contributed by atoms with Crippen molar-refractivity contribution < 1.29 is 19.0 Å². The Labute approximate surface area is 119 Å². The van der Waals surface area contributed by atoms with Gasteiger partial charge in [0, 0.05) is 6.92 Å². The molecule has 2 aromatic rings. The van der Waals surface area contributed by atoms with Crippen molar-refractivity contribution >= 4 is 28.9 Å². The van der Waals surface area contributed by atoms with Crippen LogP contribution in [0.5, 0.6) is 0 Å². The fraction of sp³-hybridized carbons (Fsp3) is 0.455. The van der Waals surface area contributed by atoms with E-state index < -0.39 is 18.5 Å². The van der Waals surface area contributed by atoms with E-state index in [9.17, 15) is 4.79 Å². The number of fused-ring (bicyclic) bond motifs is 1. The molecule has 2 atom stereocenters. The first-order valence-corrected chi connectivity index (χ1v) is 6.20. The number of nitrogens with zero attached hydrogens (tertiary/aromatic N) is 4. The van der Waals surface area contributed by atoms with E-state index in [-0.39, 0.29) is 25.0 Å². The van der Waals surface area contributed by atoms with Crippen LogP contribution in [0.3, 0.4) is 0 Å². The highest BCUT2D eigenvalue weighted by Gasteiger charge is 2.29. The van der Waals surface area contributed by atoms with Crippen molar-refractivity contribution in [3.05, 3.63) is 6.33 Å². The molecule has 4 N–H and O–H groups in total. The van der Waals surface area contributed by atoms with Crippen molar-refractivity contribution in [1.29, 1.82) is 0 Å². The van der Waals surface area contributed by atoms with Crippen molar-refractivity contribution in [2.75, 3.05) is 24.7 Å². The average molecular weight is 294 g/mol. The molecule has 0 aliphatic carbocycles. The summed E-state index contributed by atoms with van der Waals surface area (Å²) >= 11 is 0. The molecule has 1 unspecified atom stereocenters. The van der Waals surface area contributed by atoms with E-state index in [1.807, 2.05) is 0 Å². The Morgan fingerprint density at radius 1 is 1.52 bits per heavy atom. The van der Waals surface area contributed by atoms with Crippen LogP contribution in [0.2, 0.25) is 0 Å². The number of hydrogen-bond acceptors (Lipinski definition) is 9. The Morgan fingerprint density at radius 2 is 2.33 bits per heavy atom. The SMILES string of the molecule is CC(=O)OC[C@@H]1OCC(n2cnc3c(N)nc(N)nc32)O1. The summed E-state index contributed by atoms with van der Waals surface area (Å²) < 4.78 is 17.5. The summed E-state index contributed by atoms with van der Waals surface area (Å²) in [6.07, 6.45) is 0.439. The molecule has 0 spiro atoms. The summed E-state index contributed by atoms with van der Waals surface area (Å²) in [5.41, 5.74) is 12.2. The minimum atomic E-state index is -0.632. The van der Waals surface area contributed by atoms with Gasteiger partial charge in [0.05, 0.1) is 12.9 Å². The maximum absolute atomic E-state index is 10.8. The number of nitrogen functional groups attached to an aromatic ring is 2. The first kappa shape index (κ1) is 13.5. The highest BCUT2D eigenvalue weighted by Crippen LogP contribution is 2.26. The van der Waals surface area contributed by atoms with Crippen LogP contribution in [0, 0.1) is 0 Å². The van der Waals surface area contributed by atoms with Crippen LogP contribution in [-0.2, 0) is 19.0 Å². The van der Waals surface area contributed by atoms with Gasteiger partial charge in [0.1, 0.15) is 12.1 Å². The maximum atomic E-state index is 10.8. The lowest BCUT2D eigenvalue weighted by Crippen LogP contribution is -2.19. The molecule has 0 amide bonds. The average Bonchev–Trinajstić information content (AvgIpc) is 3.02. The number of aromatic nitrogens is 4.